The van der Waals surface area contributed by atoms with Crippen LogP contribution in [0, 0.1) is 0 Å². The molecular formula is C28H28N2O9. The molecule has 1 fully saturated rings. The molecule has 2 aromatic carbocycles. The zero-order valence-corrected chi connectivity index (χ0v) is 21.7. The molecule has 3 aromatic rings. The Morgan fingerprint density at radius 2 is 1.69 bits per heavy atom. The Morgan fingerprint density at radius 3 is 2.38 bits per heavy atom. The number of aliphatic carboxylic acids is 1. The van der Waals surface area contributed by atoms with E-state index in [9.17, 15) is 19.5 Å². The molecule has 1 saturated heterocycles. The Balaban J connectivity index is 1.52. The first-order valence-electron chi connectivity index (χ1n) is 12.8. The fourth-order valence-electron chi connectivity index (χ4n) is 5.41. The van der Waals surface area contributed by atoms with Gasteiger partial charge in [0.05, 0.1) is 37.0 Å². The van der Waals surface area contributed by atoms with Crippen LogP contribution < -0.4 is 24.5 Å². The van der Waals surface area contributed by atoms with Gasteiger partial charge in [-0.25, -0.2) is 4.79 Å². The summed E-state index contributed by atoms with van der Waals surface area (Å²) < 4.78 is 29.3. The normalized spacial score (nSPS) is 16.7. The Morgan fingerprint density at radius 1 is 1.00 bits per heavy atom. The average Bonchev–Trinajstić information content (AvgIpc) is 3.51. The highest BCUT2D eigenvalue weighted by atomic mass is 16.7. The van der Waals surface area contributed by atoms with Crippen molar-refractivity contribution in [2.75, 3.05) is 46.8 Å². The van der Waals surface area contributed by atoms with E-state index in [2.05, 4.69) is 4.90 Å². The minimum atomic E-state index is -1.17. The van der Waals surface area contributed by atoms with Crippen LogP contribution in [0.4, 0.5) is 0 Å². The number of fused-ring (bicyclic) bond motifs is 6. The molecule has 39 heavy (non-hydrogen) atoms. The van der Waals surface area contributed by atoms with Crippen LogP contribution in [0.5, 0.6) is 23.0 Å². The number of carboxylic acid groups (broad SMARTS) is 1. The number of carboxylic acids is 1. The van der Waals surface area contributed by atoms with Crippen molar-refractivity contribution in [2.24, 2.45) is 0 Å². The van der Waals surface area contributed by atoms with Gasteiger partial charge in [0.25, 0.3) is 5.56 Å². The fourth-order valence-corrected chi connectivity index (χ4v) is 5.41. The van der Waals surface area contributed by atoms with E-state index in [1.807, 2.05) is 0 Å². The van der Waals surface area contributed by atoms with E-state index >= 15 is 0 Å². The van der Waals surface area contributed by atoms with E-state index < -0.39 is 12.1 Å². The SMILES string of the molecule is COc1cc2c(=O)n(CCCN3CCOCC3)c3c(c2cc1OC(C)C(=O)O)C(=O)c1cc2c(cc1-3)OCO2. The Bertz CT molecular complexity index is 1560. The Kier molecular flexibility index (Phi) is 6.40. The highest BCUT2D eigenvalue weighted by Gasteiger charge is 2.36. The van der Waals surface area contributed by atoms with Gasteiger partial charge in [0, 0.05) is 42.7 Å². The number of hydrogen-bond acceptors (Lipinski definition) is 9. The topological polar surface area (TPSA) is 126 Å². The lowest BCUT2D eigenvalue weighted by Gasteiger charge is -2.26. The average molecular weight is 537 g/mol. The van der Waals surface area contributed by atoms with Crippen molar-refractivity contribution < 1.29 is 38.4 Å². The molecule has 6 rings (SSSR count). The molecule has 1 N–H and O–H groups in total. The highest BCUT2D eigenvalue weighted by Crippen LogP contribution is 2.47. The Hall–Kier alpha value is -4.09. The molecular weight excluding hydrogens is 508 g/mol. The van der Waals surface area contributed by atoms with Gasteiger partial charge < -0.3 is 33.4 Å². The number of aromatic nitrogens is 1. The summed E-state index contributed by atoms with van der Waals surface area (Å²) in [6, 6.07) is 6.44. The van der Waals surface area contributed by atoms with E-state index in [-0.39, 0.29) is 35.0 Å². The first kappa shape index (κ1) is 25.2. The van der Waals surface area contributed by atoms with Crippen LogP contribution in [-0.4, -0.2) is 79.2 Å². The maximum absolute atomic E-state index is 14.0. The van der Waals surface area contributed by atoms with Crippen molar-refractivity contribution >= 4 is 22.5 Å². The summed E-state index contributed by atoms with van der Waals surface area (Å²) >= 11 is 0. The lowest BCUT2D eigenvalue weighted by Crippen LogP contribution is -2.37. The number of benzene rings is 2. The van der Waals surface area contributed by atoms with Gasteiger partial charge in [0.15, 0.2) is 34.9 Å². The number of ether oxygens (including phenoxy) is 5. The first-order chi connectivity index (χ1) is 18.9. The third kappa shape index (κ3) is 4.27. The number of nitrogens with zero attached hydrogens (tertiary/aromatic N) is 2. The smallest absolute Gasteiger partial charge is 0.344 e. The van der Waals surface area contributed by atoms with Gasteiger partial charge in [0.1, 0.15) is 0 Å². The van der Waals surface area contributed by atoms with Gasteiger partial charge >= 0.3 is 5.97 Å². The van der Waals surface area contributed by atoms with Crippen LogP contribution in [0.1, 0.15) is 29.3 Å². The van der Waals surface area contributed by atoms with Gasteiger partial charge in [-0.3, -0.25) is 14.5 Å². The molecule has 11 heteroatoms. The molecule has 0 bridgehead atoms. The number of pyridine rings is 1. The Labute approximate surface area is 223 Å². The number of morpholine rings is 1. The second-order valence-electron chi connectivity index (χ2n) is 9.72. The lowest BCUT2D eigenvalue weighted by molar-refractivity contribution is -0.144. The summed E-state index contributed by atoms with van der Waals surface area (Å²) in [5.74, 6) is -0.0957. The summed E-state index contributed by atoms with van der Waals surface area (Å²) in [7, 11) is 1.41. The third-order valence-corrected chi connectivity index (χ3v) is 7.41. The summed E-state index contributed by atoms with van der Waals surface area (Å²) in [6.07, 6.45) is -0.476. The van der Waals surface area contributed by atoms with Crippen molar-refractivity contribution in [2.45, 2.75) is 26.0 Å². The molecule has 204 valence electrons. The molecule has 0 saturated carbocycles. The van der Waals surface area contributed by atoms with E-state index in [4.69, 9.17) is 23.7 Å². The van der Waals surface area contributed by atoms with E-state index in [1.54, 1.807) is 16.7 Å². The second kappa shape index (κ2) is 9.90. The van der Waals surface area contributed by atoms with Crippen LogP contribution in [0.15, 0.2) is 29.1 Å². The first-order valence-corrected chi connectivity index (χ1v) is 12.8. The largest absolute Gasteiger partial charge is 0.493 e. The number of ketones is 1. The van der Waals surface area contributed by atoms with Crippen molar-refractivity contribution in [1.82, 2.24) is 9.47 Å². The van der Waals surface area contributed by atoms with E-state index in [0.717, 1.165) is 19.6 Å². The lowest BCUT2D eigenvalue weighted by atomic mass is 10.0. The zero-order valence-electron chi connectivity index (χ0n) is 21.7. The molecule has 0 radical (unpaired) electrons. The molecule has 0 spiro atoms. The molecule has 3 aliphatic rings. The van der Waals surface area contributed by atoms with Gasteiger partial charge in [-0.1, -0.05) is 0 Å². The molecule has 1 atom stereocenters. The minimum Gasteiger partial charge on any atom is -0.493 e. The molecule has 1 aromatic heterocycles. The number of hydrogen-bond donors (Lipinski definition) is 1. The van der Waals surface area contributed by atoms with Crippen molar-refractivity contribution in [3.63, 3.8) is 0 Å². The summed E-state index contributed by atoms with van der Waals surface area (Å²) in [5.41, 5.74) is 1.60. The standard InChI is InChI=1S/C28H28N2O9/c1-15(28(33)34)39-23-10-16-19(13-20(23)35-2)27(32)30(5-3-4-29-6-8-36-9-7-29)25-17-11-21-22(38-14-37-21)12-18(17)26(31)24(16)25/h10-13,15H,3-9,14H2,1-2H3,(H,33,34). The predicted octanol–water partition coefficient (Wildman–Crippen LogP) is 2.52. The minimum absolute atomic E-state index is 0.0611. The highest BCUT2D eigenvalue weighted by molar-refractivity contribution is 6.27. The van der Waals surface area contributed by atoms with Gasteiger partial charge in [-0.15, -0.1) is 0 Å². The second-order valence-corrected chi connectivity index (χ2v) is 9.72. The predicted molar refractivity (Wildman–Crippen MR) is 139 cm³/mol. The molecule has 11 nitrogen and oxygen atoms in total. The van der Waals surface area contributed by atoms with Crippen molar-refractivity contribution in [3.05, 3.63) is 45.7 Å². The van der Waals surface area contributed by atoms with Crippen molar-refractivity contribution in [3.8, 4) is 34.3 Å². The maximum Gasteiger partial charge on any atom is 0.344 e. The fraction of sp³-hybridized carbons (Fsp3) is 0.393. The molecule has 1 aliphatic carbocycles. The maximum atomic E-state index is 14.0. The number of carbonyl (C=O) groups is 2. The van der Waals surface area contributed by atoms with Crippen LogP contribution in [-0.2, 0) is 16.1 Å². The van der Waals surface area contributed by atoms with Crippen LogP contribution in [0.3, 0.4) is 0 Å². The third-order valence-electron chi connectivity index (χ3n) is 7.41. The van der Waals surface area contributed by atoms with Crippen molar-refractivity contribution in [1.29, 1.82) is 0 Å². The van der Waals surface area contributed by atoms with E-state index in [1.165, 1.54) is 26.2 Å². The van der Waals surface area contributed by atoms with Crippen LogP contribution >= 0.6 is 0 Å². The molecule has 2 aliphatic heterocycles. The van der Waals surface area contributed by atoms with Crippen LogP contribution in [0.25, 0.3) is 22.0 Å². The van der Waals surface area contributed by atoms with Crippen LogP contribution in [0.2, 0.25) is 0 Å². The van der Waals surface area contributed by atoms with Gasteiger partial charge in [-0.2, -0.15) is 0 Å². The van der Waals surface area contributed by atoms with Gasteiger partial charge in [0.2, 0.25) is 6.79 Å². The van der Waals surface area contributed by atoms with Gasteiger partial charge in [-0.05, 0) is 37.6 Å². The zero-order chi connectivity index (χ0) is 27.3. The number of rotatable bonds is 8. The quantitative estimate of drug-likeness (QED) is 0.359. The number of methoxy groups -OCH3 is 1. The summed E-state index contributed by atoms with van der Waals surface area (Å²) in [6.45, 7) is 5.68. The summed E-state index contributed by atoms with van der Waals surface area (Å²) in [4.78, 5) is 41.6. The molecule has 0 amide bonds. The number of carbonyl (C=O) groups excluding carboxylic acids is 1. The molecule has 3 heterocycles. The molecule has 1 unspecified atom stereocenters. The monoisotopic (exact) mass is 536 g/mol. The van der Waals surface area contributed by atoms with E-state index in [0.29, 0.717) is 65.4 Å². The summed E-state index contributed by atoms with van der Waals surface area (Å²) in [5, 5.41) is 10.0.